The summed E-state index contributed by atoms with van der Waals surface area (Å²) < 4.78 is 5.57. The molecule has 4 atom stereocenters. The zero-order valence-electron chi connectivity index (χ0n) is 15.3. The van der Waals surface area contributed by atoms with Gasteiger partial charge < -0.3 is 9.84 Å². The number of hydrogen-bond acceptors (Lipinski definition) is 5. The lowest BCUT2D eigenvalue weighted by atomic mass is 9.86. The fraction of sp³-hybridized carbons (Fsp3) is 0.450. The Bertz CT molecular complexity index is 745. The lowest BCUT2D eigenvalue weighted by Gasteiger charge is -2.21. The normalized spacial score (nSPS) is 26.9. The molecule has 7 nitrogen and oxygen atoms in total. The summed E-state index contributed by atoms with van der Waals surface area (Å²) in [5.74, 6) is -2.75. The van der Waals surface area contributed by atoms with Gasteiger partial charge in [0.05, 0.1) is 18.4 Å². The molecule has 0 bridgehead atoms. The van der Waals surface area contributed by atoms with Crippen LogP contribution in [-0.4, -0.2) is 47.0 Å². The average molecular weight is 372 g/mol. The molecule has 0 radical (unpaired) electrons. The van der Waals surface area contributed by atoms with Crippen LogP contribution in [0, 0.1) is 11.8 Å². The molecule has 4 unspecified atom stereocenters. The number of imide groups is 1. The number of carboxylic acid groups (broad SMARTS) is 1. The van der Waals surface area contributed by atoms with E-state index in [4.69, 9.17) is 4.74 Å². The van der Waals surface area contributed by atoms with Gasteiger partial charge in [-0.2, -0.15) is 0 Å². The zero-order chi connectivity index (χ0) is 19.6. The molecule has 144 valence electrons. The number of rotatable bonds is 8. The number of likely N-dealkylation sites (tertiary alicyclic amines) is 1. The first-order valence-corrected chi connectivity index (χ1v) is 9.17. The van der Waals surface area contributed by atoms with Gasteiger partial charge in [0.1, 0.15) is 11.8 Å². The first kappa shape index (κ1) is 19.1. The number of hydrogen-bond donors (Lipinski definition) is 2. The Balaban J connectivity index is 1.88. The van der Waals surface area contributed by atoms with Crippen LogP contribution in [0.5, 0.6) is 5.75 Å². The van der Waals surface area contributed by atoms with E-state index in [1.807, 2.05) is 19.1 Å². The van der Waals surface area contributed by atoms with Gasteiger partial charge in [0.25, 0.3) is 0 Å². The smallest absolute Gasteiger partial charge is 0.321 e. The lowest BCUT2D eigenvalue weighted by molar-refractivity contribution is -0.146. The van der Waals surface area contributed by atoms with Crippen molar-refractivity contribution in [2.24, 2.45) is 11.8 Å². The molecule has 2 aliphatic rings. The minimum absolute atomic E-state index is 0.233. The summed E-state index contributed by atoms with van der Waals surface area (Å²) in [5, 5.41) is 12.5. The second kappa shape index (κ2) is 7.92. The number of carbonyl (C=O) groups excluding carboxylic acids is 2. The number of nitrogens with zero attached hydrogens (tertiary/aromatic N) is 1. The number of nitrogens with one attached hydrogen (secondary N) is 1. The number of ether oxygens (including phenoxy) is 1. The van der Waals surface area contributed by atoms with E-state index in [2.05, 4.69) is 11.9 Å². The van der Waals surface area contributed by atoms with Crippen LogP contribution in [0.3, 0.4) is 0 Å². The molecular formula is C20H24N2O5. The van der Waals surface area contributed by atoms with E-state index in [9.17, 15) is 19.5 Å². The first-order valence-electron chi connectivity index (χ1n) is 9.17. The Morgan fingerprint density at radius 2 is 1.93 bits per heavy atom. The van der Waals surface area contributed by atoms with Gasteiger partial charge in [0.2, 0.25) is 11.8 Å². The van der Waals surface area contributed by atoms with Crippen LogP contribution in [0.2, 0.25) is 0 Å². The van der Waals surface area contributed by atoms with Crippen molar-refractivity contribution < 1.29 is 24.2 Å². The van der Waals surface area contributed by atoms with Crippen molar-refractivity contribution in [2.45, 2.75) is 31.8 Å². The number of fused-ring (bicyclic) bond motifs is 1. The van der Waals surface area contributed by atoms with E-state index in [0.29, 0.717) is 18.8 Å². The molecule has 27 heavy (non-hydrogen) atoms. The second-order valence-electron chi connectivity index (χ2n) is 6.83. The maximum absolute atomic E-state index is 12.9. The summed E-state index contributed by atoms with van der Waals surface area (Å²) >= 11 is 0. The molecule has 0 aliphatic carbocycles. The monoisotopic (exact) mass is 372 g/mol. The molecule has 7 heteroatoms. The van der Waals surface area contributed by atoms with E-state index in [0.717, 1.165) is 12.0 Å². The number of carbonyl (C=O) groups is 3. The number of benzene rings is 1. The minimum Gasteiger partial charge on any atom is -0.494 e. The van der Waals surface area contributed by atoms with Gasteiger partial charge in [-0.05, 0) is 30.5 Å². The molecule has 0 aromatic heterocycles. The van der Waals surface area contributed by atoms with Crippen molar-refractivity contribution in [3.8, 4) is 5.75 Å². The summed E-state index contributed by atoms with van der Waals surface area (Å²) in [6, 6.07) is 5.61. The van der Waals surface area contributed by atoms with E-state index in [1.54, 1.807) is 18.2 Å². The van der Waals surface area contributed by atoms with Gasteiger partial charge in [-0.3, -0.25) is 24.6 Å². The highest BCUT2D eigenvalue weighted by atomic mass is 16.5. The van der Waals surface area contributed by atoms with Crippen LogP contribution in [0.15, 0.2) is 36.9 Å². The van der Waals surface area contributed by atoms with Crippen LogP contribution in [0.4, 0.5) is 0 Å². The van der Waals surface area contributed by atoms with Crippen LogP contribution in [0.25, 0.3) is 0 Å². The molecule has 3 rings (SSSR count). The molecule has 2 saturated heterocycles. The second-order valence-corrected chi connectivity index (χ2v) is 6.83. The quantitative estimate of drug-likeness (QED) is 0.533. The van der Waals surface area contributed by atoms with Crippen molar-refractivity contribution in [1.29, 1.82) is 0 Å². The average Bonchev–Trinajstić information content (AvgIpc) is 3.17. The van der Waals surface area contributed by atoms with Crippen LogP contribution < -0.4 is 10.1 Å². The fourth-order valence-electron chi connectivity index (χ4n) is 3.84. The molecule has 2 aliphatic heterocycles. The summed E-state index contributed by atoms with van der Waals surface area (Å²) in [7, 11) is 0. The Hall–Kier alpha value is -2.67. The third kappa shape index (κ3) is 3.47. The summed E-state index contributed by atoms with van der Waals surface area (Å²) in [4.78, 5) is 38.5. The Kier molecular flexibility index (Phi) is 5.60. The summed E-state index contributed by atoms with van der Waals surface area (Å²) in [6.45, 7) is 6.47. The molecule has 2 amide bonds. The van der Waals surface area contributed by atoms with E-state index < -0.39 is 35.8 Å². The minimum atomic E-state index is -1.12. The van der Waals surface area contributed by atoms with E-state index in [1.165, 1.54) is 4.90 Å². The third-order valence-corrected chi connectivity index (χ3v) is 5.10. The Morgan fingerprint density at radius 1 is 1.26 bits per heavy atom. The van der Waals surface area contributed by atoms with Gasteiger partial charge >= 0.3 is 5.97 Å². The molecule has 2 N–H and O–H groups in total. The first-order chi connectivity index (χ1) is 13.0. The van der Waals surface area contributed by atoms with Crippen LogP contribution >= 0.6 is 0 Å². The molecule has 1 aromatic carbocycles. The number of amides is 2. The van der Waals surface area contributed by atoms with E-state index in [-0.39, 0.29) is 12.5 Å². The predicted molar refractivity (Wildman–Crippen MR) is 98.0 cm³/mol. The maximum atomic E-state index is 12.9. The SMILES string of the molecule is C=CCCN1C(=O)C2C(C(=O)O)NC(c3ccc(OCCC)cc3)C2C1=O. The lowest BCUT2D eigenvalue weighted by Crippen LogP contribution is -2.43. The molecule has 1 aromatic rings. The van der Waals surface area contributed by atoms with Crippen molar-refractivity contribution in [3.05, 3.63) is 42.5 Å². The number of carboxylic acids is 1. The van der Waals surface area contributed by atoms with Gasteiger partial charge in [-0.1, -0.05) is 25.1 Å². The molecule has 0 saturated carbocycles. The van der Waals surface area contributed by atoms with Gasteiger partial charge in [-0.25, -0.2) is 0 Å². The van der Waals surface area contributed by atoms with E-state index >= 15 is 0 Å². The van der Waals surface area contributed by atoms with Crippen LogP contribution in [-0.2, 0) is 14.4 Å². The van der Waals surface area contributed by atoms with Gasteiger partial charge in [0.15, 0.2) is 0 Å². The van der Waals surface area contributed by atoms with Crippen molar-refractivity contribution in [2.75, 3.05) is 13.2 Å². The molecule has 0 spiro atoms. The van der Waals surface area contributed by atoms with Gasteiger partial charge in [0, 0.05) is 12.6 Å². The predicted octanol–water partition coefficient (Wildman–Crippen LogP) is 1.75. The van der Waals surface area contributed by atoms with Crippen molar-refractivity contribution in [3.63, 3.8) is 0 Å². The third-order valence-electron chi connectivity index (χ3n) is 5.10. The van der Waals surface area contributed by atoms with Gasteiger partial charge in [-0.15, -0.1) is 6.58 Å². The van der Waals surface area contributed by atoms with Crippen molar-refractivity contribution in [1.82, 2.24) is 10.2 Å². The maximum Gasteiger partial charge on any atom is 0.321 e. The summed E-state index contributed by atoms with van der Waals surface area (Å²) in [5.41, 5.74) is 0.768. The highest BCUT2D eigenvalue weighted by Gasteiger charge is 2.60. The molecule has 2 heterocycles. The standard InChI is InChI=1S/C20H24N2O5/c1-3-5-10-22-18(23)14-15(19(22)24)17(20(25)26)21-16(14)12-6-8-13(9-7-12)27-11-4-2/h3,6-9,14-17,21H,1,4-5,10-11H2,2H3,(H,25,26). The molecular weight excluding hydrogens is 348 g/mol. The largest absolute Gasteiger partial charge is 0.494 e. The topological polar surface area (TPSA) is 95.9 Å². The Morgan fingerprint density at radius 3 is 2.52 bits per heavy atom. The summed E-state index contributed by atoms with van der Waals surface area (Å²) in [6.07, 6.45) is 3.01. The number of aliphatic carboxylic acids is 1. The van der Waals surface area contributed by atoms with Crippen molar-refractivity contribution >= 4 is 17.8 Å². The fourth-order valence-corrected chi connectivity index (χ4v) is 3.84. The zero-order valence-corrected chi connectivity index (χ0v) is 15.3. The Labute approximate surface area is 158 Å². The highest BCUT2D eigenvalue weighted by molar-refractivity contribution is 6.08. The van der Waals surface area contributed by atoms with Crippen LogP contribution in [0.1, 0.15) is 31.4 Å². The molecule has 2 fully saturated rings. The highest BCUT2D eigenvalue weighted by Crippen LogP contribution is 2.44.